The van der Waals surface area contributed by atoms with E-state index in [0.29, 0.717) is 37.0 Å². The van der Waals surface area contributed by atoms with Gasteiger partial charge in [0.15, 0.2) is 11.5 Å². The van der Waals surface area contributed by atoms with E-state index in [0.717, 1.165) is 19.3 Å². The number of nitrogens with zero attached hydrogens (tertiary/aromatic N) is 1. The summed E-state index contributed by atoms with van der Waals surface area (Å²) >= 11 is 0. The molecule has 5 nitrogen and oxygen atoms in total. The van der Waals surface area contributed by atoms with Crippen LogP contribution in [0.5, 0.6) is 11.5 Å². The van der Waals surface area contributed by atoms with Crippen molar-refractivity contribution in [3.05, 3.63) is 24.3 Å². The van der Waals surface area contributed by atoms with Gasteiger partial charge >= 0.3 is 0 Å². The molecule has 0 aliphatic heterocycles. The summed E-state index contributed by atoms with van der Waals surface area (Å²) in [5.41, 5.74) is 6.03. The highest BCUT2D eigenvalue weighted by molar-refractivity contribution is 5.76. The molecule has 1 fully saturated rings. The first-order valence-electron chi connectivity index (χ1n) is 7.87. The zero-order valence-electron chi connectivity index (χ0n) is 13.5. The number of likely N-dealkylation sites (N-methyl/N-ethyl adjacent to an activating group) is 1. The van der Waals surface area contributed by atoms with E-state index in [2.05, 4.69) is 0 Å². The van der Waals surface area contributed by atoms with Crippen molar-refractivity contribution >= 4 is 5.91 Å². The Morgan fingerprint density at radius 3 is 2.68 bits per heavy atom. The van der Waals surface area contributed by atoms with Gasteiger partial charge in [0.1, 0.15) is 6.61 Å². The molecule has 2 rings (SSSR count). The van der Waals surface area contributed by atoms with E-state index in [4.69, 9.17) is 15.2 Å². The van der Waals surface area contributed by atoms with Crippen molar-refractivity contribution in [1.29, 1.82) is 0 Å². The van der Waals surface area contributed by atoms with Gasteiger partial charge < -0.3 is 20.1 Å². The van der Waals surface area contributed by atoms with Crippen molar-refractivity contribution in [3.63, 3.8) is 0 Å². The fraction of sp³-hybridized carbons (Fsp3) is 0.588. The van der Waals surface area contributed by atoms with Crippen molar-refractivity contribution in [2.24, 2.45) is 11.7 Å². The first-order valence-corrected chi connectivity index (χ1v) is 7.87. The molecular formula is C17H26N2O3. The van der Waals surface area contributed by atoms with Crippen LogP contribution in [0.3, 0.4) is 0 Å². The number of carbonyl (C=O) groups excluding carboxylic acids is 1. The largest absolute Gasteiger partial charge is 0.493 e. The van der Waals surface area contributed by atoms with Crippen molar-refractivity contribution in [1.82, 2.24) is 4.90 Å². The SMILES string of the molecule is COc1ccccc1OCCN(C)C(=O)C[C@@H]1CCC[C@H]1N. The van der Waals surface area contributed by atoms with E-state index in [9.17, 15) is 4.79 Å². The minimum atomic E-state index is 0.144. The zero-order valence-corrected chi connectivity index (χ0v) is 13.5. The van der Waals surface area contributed by atoms with Crippen LogP contribution in [0.4, 0.5) is 0 Å². The van der Waals surface area contributed by atoms with Gasteiger partial charge in [-0.25, -0.2) is 0 Å². The predicted molar refractivity (Wildman–Crippen MR) is 86.1 cm³/mol. The van der Waals surface area contributed by atoms with Crippen molar-refractivity contribution in [2.75, 3.05) is 27.3 Å². The molecule has 0 unspecified atom stereocenters. The Morgan fingerprint density at radius 2 is 2.05 bits per heavy atom. The first kappa shape index (κ1) is 16.6. The maximum absolute atomic E-state index is 12.2. The van der Waals surface area contributed by atoms with Crippen LogP contribution >= 0.6 is 0 Å². The normalized spacial score (nSPS) is 20.7. The molecule has 0 heterocycles. The van der Waals surface area contributed by atoms with E-state index in [1.807, 2.05) is 31.3 Å². The number of rotatable bonds is 7. The highest BCUT2D eigenvalue weighted by Crippen LogP contribution is 2.27. The standard InChI is InChI=1S/C17H26N2O3/c1-19(17(20)12-13-6-5-7-14(13)18)10-11-22-16-9-4-3-8-15(16)21-2/h3-4,8-9,13-14H,5-7,10-12,18H2,1-2H3/t13-,14+/m0/s1. The molecule has 1 aromatic carbocycles. The number of benzene rings is 1. The third kappa shape index (κ3) is 4.37. The van der Waals surface area contributed by atoms with E-state index in [-0.39, 0.29) is 11.9 Å². The highest BCUT2D eigenvalue weighted by Gasteiger charge is 2.27. The lowest BCUT2D eigenvalue weighted by Crippen LogP contribution is -2.35. The molecule has 0 spiro atoms. The monoisotopic (exact) mass is 306 g/mol. The second kappa shape index (κ2) is 8.03. The van der Waals surface area contributed by atoms with E-state index < -0.39 is 0 Å². The average Bonchev–Trinajstić information content (AvgIpc) is 2.92. The van der Waals surface area contributed by atoms with Crippen LogP contribution in [0.25, 0.3) is 0 Å². The van der Waals surface area contributed by atoms with E-state index in [1.54, 1.807) is 12.0 Å². The Labute approximate surface area is 132 Å². The fourth-order valence-electron chi connectivity index (χ4n) is 2.85. The lowest BCUT2D eigenvalue weighted by atomic mass is 9.99. The Hall–Kier alpha value is -1.75. The quantitative estimate of drug-likeness (QED) is 0.837. The summed E-state index contributed by atoms with van der Waals surface area (Å²) in [6.07, 6.45) is 3.79. The summed E-state index contributed by atoms with van der Waals surface area (Å²) in [6, 6.07) is 7.69. The summed E-state index contributed by atoms with van der Waals surface area (Å²) in [7, 11) is 3.43. The zero-order chi connectivity index (χ0) is 15.9. The third-order valence-corrected chi connectivity index (χ3v) is 4.33. The minimum Gasteiger partial charge on any atom is -0.493 e. The number of carbonyl (C=O) groups is 1. The second-order valence-electron chi connectivity index (χ2n) is 5.87. The Morgan fingerprint density at radius 1 is 1.32 bits per heavy atom. The summed E-state index contributed by atoms with van der Waals surface area (Å²) in [5, 5.41) is 0. The van der Waals surface area contributed by atoms with Crippen molar-refractivity contribution in [3.8, 4) is 11.5 Å². The van der Waals surface area contributed by atoms with Crippen LogP contribution in [0.2, 0.25) is 0 Å². The molecule has 2 N–H and O–H groups in total. The lowest BCUT2D eigenvalue weighted by Gasteiger charge is -2.21. The number of ether oxygens (including phenoxy) is 2. The van der Waals surface area contributed by atoms with Gasteiger partial charge in [-0.05, 0) is 30.9 Å². The van der Waals surface area contributed by atoms with Gasteiger partial charge in [0.2, 0.25) is 5.91 Å². The number of hydrogen-bond donors (Lipinski definition) is 1. The van der Waals surface area contributed by atoms with E-state index >= 15 is 0 Å². The summed E-state index contributed by atoms with van der Waals surface area (Å²) in [5.74, 6) is 1.88. The molecule has 0 bridgehead atoms. The smallest absolute Gasteiger partial charge is 0.222 e. The van der Waals surface area contributed by atoms with Crippen LogP contribution in [0, 0.1) is 5.92 Å². The molecule has 1 aliphatic rings. The number of amides is 1. The average molecular weight is 306 g/mol. The van der Waals surface area contributed by atoms with Gasteiger partial charge in [-0.1, -0.05) is 18.6 Å². The molecule has 0 radical (unpaired) electrons. The van der Waals surface area contributed by atoms with Crippen LogP contribution in [0.1, 0.15) is 25.7 Å². The van der Waals surface area contributed by atoms with Crippen LogP contribution in [-0.2, 0) is 4.79 Å². The van der Waals surface area contributed by atoms with Gasteiger partial charge in [-0.2, -0.15) is 0 Å². The molecule has 22 heavy (non-hydrogen) atoms. The van der Waals surface area contributed by atoms with Crippen molar-refractivity contribution < 1.29 is 14.3 Å². The number of para-hydroxylation sites is 2. The van der Waals surface area contributed by atoms with Gasteiger partial charge in [-0.15, -0.1) is 0 Å². The van der Waals surface area contributed by atoms with Gasteiger partial charge in [0.05, 0.1) is 13.7 Å². The molecule has 0 saturated heterocycles. The topological polar surface area (TPSA) is 64.8 Å². The molecule has 1 amide bonds. The number of methoxy groups -OCH3 is 1. The third-order valence-electron chi connectivity index (χ3n) is 4.33. The molecule has 122 valence electrons. The van der Waals surface area contributed by atoms with Crippen LogP contribution < -0.4 is 15.2 Å². The maximum Gasteiger partial charge on any atom is 0.222 e. The minimum absolute atomic E-state index is 0.144. The summed E-state index contributed by atoms with van der Waals surface area (Å²) in [4.78, 5) is 13.9. The predicted octanol–water partition coefficient (Wildman–Crippen LogP) is 2.05. The number of hydrogen-bond acceptors (Lipinski definition) is 4. The van der Waals surface area contributed by atoms with E-state index in [1.165, 1.54) is 0 Å². The second-order valence-corrected chi connectivity index (χ2v) is 5.87. The lowest BCUT2D eigenvalue weighted by molar-refractivity contribution is -0.131. The summed E-state index contributed by atoms with van der Waals surface area (Å²) in [6.45, 7) is 0.998. The molecule has 1 aliphatic carbocycles. The van der Waals surface area contributed by atoms with Crippen LogP contribution in [-0.4, -0.2) is 44.2 Å². The molecular weight excluding hydrogens is 280 g/mol. The fourth-order valence-corrected chi connectivity index (χ4v) is 2.85. The Bertz CT molecular complexity index is 493. The first-order chi connectivity index (χ1) is 10.6. The molecule has 1 aromatic rings. The van der Waals surface area contributed by atoms with Gasteiger partial charge in [0, 0.05) is 19.5 Å². The molecule has 5 heteroatoms. The van der Waals surface area contributed by atoms with Crippen molar-refractivity contribution in [2.45, 2.75) is 31.7 Å². The molecule has 1 saturated carbocycles. The maximum atomic E-state index is 12.2. The van der Waals surface area contributed by atoms with Gasteiger partial charge in [-0.3, -0.25) is 4.79 Å². The molecule has 2 atom stereocenters. The number of nitrogens with two attached hydrogens (primary N) is 1. The molecule has 0 aromatic heterocycles. The Balaban J connectivity index is 1.75. The van der Waals surface area contributed by atoms with Gasteiger partial charge in [0.25, 0.3) is 0 Å². The summed E-state index contributed by atoms with van der Waals surface area (Å²) < 4.78 is 10.9. The van der Waals surface area contributed by atoms with Crippen LogP contribution in [0.15, 0.2) is 24.3 Å². The Kier molecular flexibility index (Phi) is 6.07. The highest BCUT2D eigenvalue weighted by atomic mass is 16.5.